The number of carbonyl (C=O) groups excluding carboxylic acids is 1. The second-order valence-electron chi connectivity index (χ2n) is 4.60. The quantitative estimate of drug-likeness (QED) is 0.886. The van der Waals surface area contributed by atoms with Gasteiger partial charge in [-0.2, -0.15) is 0 Å². The van der Waals surface area contributed by atoms with Crippen molar-refractivity contribution in [2.75, 3.05) is 18.0 Å². The van der Waals surface area contributed by atoms with Gasteiger partial charge in [0.05, 0.1) is 16.3 Å². The molecule has 6 heteroatoms. The van der Waals surface area contributed by atoms with Crippen molar-refractivity contribution in [1.82, 2.24) is 5.32 Å². The van der Waals surface area contributed by atoms with Crippen LogP contribution in [0.5, 0.6) is 0 Å². The number of hydrogen-bond donors (Lipinski definition) is 2. The van der Waals surface area contributed by atoms with E-state index in [1.807, 2.05) is 0 Å². The Balaban J connectivity index is 2.11. The topological polar surface area (TPSA) is 69.6 Å². The Morgan fingerprint density at radius 1 is 1.47 bits per heavy atom. The van der Waals surface area contributed by atoms with Crippen molar-refractivity contribution in [2.24, 2.45) is 0 Å². The molecule has 2 rings (SSSR count). The van der Waals surface area contributed by atoms with Gasteiger partial charge in [-0.3, -0.25) is 4.79 Å². The van der Waals surface area contributed by atoms with Crippen LogP contribution in [0, 0.1) is 0 Å². The van der Waals surface area contributed by atoms with Gasteiger partial charge in [-0.1, -0.05) is 11.6 Å². The Labute approximate surface area is 116 Å². The van der Waals surface area contributed by atoms with E-state index in [1.165, 1.54) is 19.1 Å². The second-order valence-corrected chi connectivity index (χ2v) is 5.01. The molecule has 102 valence electrons. The van der Waals surface area contributed by atoms with Crippen LogP contribution in [0.3, 0.4) is 0 Å². The predicted molar refractivity (Wildman–Crippen MR) is 72.8 cm³/mol. The lowest BCUT2D eigenvalue weighted by Crippen LogP contribution is -2.35. The molecule has 1 unspecified atom stereocenters. The highest BCUT2D eigenvalue weighted by molar-refractivity contribution is 6.33. The van der Waals surface area contributed by atoms with Crippen LogP contribution in [-0.4, -0.2) is 36.1 Å². The fourth-order valence-electron chi connectivity index (χ4n) is 2.28. The van der Waals surface area contributed by atoms with Crippen LogP contribution in [0.4, 0.5) is 5.69 Å². The van der Waals surface area contributed by atoms with E-state index in [1.54, 1.807) is 6.07 Å². The maximum Gasteiger partial charge on any atom is 0.335 e. The summed E-state index contributed by atoms with van der Waals surface area (Å²) in [6, 6.07) is 4.81. The number of halogens is 1. The summed E-state index contributed by atoms with van der Waals surface area (Å²) in [5, 5.41) is 12.2. The number of anilines is 1. The fourth-order valence-corrected chi connectivity index (χ4v) is 2.58. The van der Waals surface area contributed by atoms with E-state index in [2.05, 4.69) is 10.2 Å². The summed E-state index contributed by atoms with van der Waals surface area (Å²) < 4.78 is 0. The largest absolute Gasteiger partial charge is 0.478 e. The number of hydrogen-bond acceptors (Lipinski definition) is 3. The molecule has 1 aliphatic rings. The Bertz CT molecular complexity index is 519. The average Bonchev–Trinajstić information content (AvgIpc) is 2.76. The molecule has 1 aliphatic heterocycles. The molecule has 0 spiro atoms. The standard InChI is InChI=1S/C13H15ClN2O3/c1-8(17)15-10-4-5-16(7-10)12-3-2-9(13(18)19)6-11(12)14/h2-3,6,10H,4-5,7H2,1H3,(H,15,17)(H,18,19). The zero-order chi connectivity index (χ0) is 14.0. The van der Waals surface area contributed by atoms with Gasteiger partial charge in [-0.05, 0) is 24.6 Å². The third kappa shape index (κ3) is 3.17. The van der Waals surface area contributed by atoms with Gasteiger partial charge in [0.25, 0.3) is 0 Å². The van der Waals surface area contributed by atoms with Gasteiger partial charge >= 0.3 is 5.97 Å². The molecule has 1 fully saturated rings. The molecule has 0 aromatic heterocycles. The molecule has 1 saturated heterocycles. The molecule has 1 atom stereocenters. The average molecular weight is 283 g/mol. The van der Waals surface area contributed by atoms with E-state index in [0.717, 1.165) is 18.7 Å². The van der Waals surface area contributed by atoms with Crippen molar-refractivity contribution in [3.63, 3.8) is 0 Å². The zero-order valence-corrected chi connectivity index (χ0v) is 11.3. The van der Waals surface area contributed by atoms with Gasteiger partial charge in [-0.15, -0.1) is 0 Å². The van der Waals surface area contributed by atoms with Crippen LogP contribution in [0.2, 0.25) is 5.02 Å². The van der Waals surface area contributed by atoms with Gasteiger partial charge in [-0.25, -0.2) is 4.79 Å². The lowest BCUT2D eigenvalue weighted by atomic mass is 10.2. The van der Waals surface area contributed by atoms with Gasteiger partial charge in [0, 0.05) is 26.1 Å². The normalized spacial score (nSPS) is 18.4. The number of aromatic carboxylic acids is 1. The maximum atomic E-state index is 11.0. The van der Waals surface area contributed by atoms with Crippen molar-refractivity contribution in [1.29, 1.82) is 0 Å². The van der Waals surface area contributed by atoms with Crippen LogP contribution in [0.1, 0.15) is 23.7 Å². The van der Waals surface area contributed by atoms with Crippen molar-refractivity contribution in [3.05, 3.63) is 28.8 Å². The van der Waals surface area contributed by atoms with E-state index in [9.17, 15) is 9.59 Å². The molecule has 1 amide bonds. The molecule has 1 aromatic rings. The first kappa shape index (κ1) is 13.7. The van der Waals surface area contributed by atoms with Crippen LogP contribution in [0.15, 0.2) is 18.2 Å². The van der Waals surface area contributed by atoms with Crippen LogP contribution < -0.4 is 10.2 Å². The monoisotopic (exact) mass is 282 g/mol. The number of nitrogens with zero attached hydrogens (tertiary/aromatic N) is 1. The van der Waals surface area contributed by atoms with E-state index in [4.69, 9.17) is 16.7 Å². The Kier molecular flexibility index (Phi) is 3.95. The highest BCUT2D eigenvalue weighted by atomic mass is 35.5. The number of carboxylic acid groups (broad SMARTS) is 1. The van der Waals surface area contributed by atoms with Crippen molar-refractivity contribution in [3.8, 4) is 0 Å². The van der Waals surface area contributed by atoms with Crippen molar-refractivity contribution in [2.45, 2.75) is 19.4 Å². The number of nitrogens with one attached hydrogen (secondary N) is 1. The third-order valence-corrected chi connectivity index (χ3v) is 3.43. The molecule has 2 N–H and O–H groups in total. The lowest BCUT2D eigenvalue weighted by Gasteiger charge is -2.20. The number of amides is 1. The van der Waals surface area contributed by atoms with Crippen LogP contribution in [0.25, 0.3) is 0 Å². The first-order valence-corrected chi connectivity index (χ1v) is 6.40. The number of rotatable bonds is 3. The maximum absolute atomic E-state index is 11.0. The summed E-state index contributed by atoms with van der Waals surface area (Å²) >= 11 is 6.11. The highest BCUT2D eigenvalue weighted by Gasteiger charge is 2.24. The third-order valence-electron chi connectivity index (χ3n) is 3.13. The Morgan fingerprint density at radius 2 is 2.21 bits per heavy atom. The first-order chi connectivity index (χ1) is 8.97. The minimum atomic E-state index is -0.994. The molecular formula is C13H15ClN2O3. The molecule has 0 bridgehead atoms. The number of carboxylic acids is 1. The summed E-state index contributed by atoms with van der Waals surface area (Å²) in [4.78, 5) is 23.9. The zero-order valence-electron chi connectivity index (χ0n) is 10.5. The van der Waals surface area contributed by atoms with E-state index < -0.39 is 5.97 Å². The molecule has 19 heavy (non-hydrogen) atoms. The summed E-state index contributed by atoms with van der Waals surface area (Å²) in [7, 11) is 0. The summed E-state index contributed by atoms with van der Waals surface area (Å²) in [5.74, 6) is -1.04. The van der Waals surface area contributed by atoms with Gasteiger partial charge in [0.1, 0.15) is 0 Å². The first-order valence-electron chi connectivity index (χ1n) is 6.02. The second kappa shape index (κ2) is 5.48. The van der Waals surface area contributed by atoms with Crippen LogP contribution >= 0.6 is 11.6 Å². The smallest absolute Gasteiger partial charge is 0.335 e. The minimum absolute atomic E-state index is 0.0424. The summed E-state index contributed by atoms with van der Waals surface area (Å²) in [5.41, 5.74) is 0.978. The van der Waals surface area contributed by atoms with Gasteiger partial charge < -0.3 is 15.3 Å². The molecule has 5 nitrogen and oxygen atoms in total. The minimum Gasteiger partial charge on any atom is -0.478 e. The van der Waals surface area contributed by atoms with Gasteiger partial charge in [0.2, 0.25) is 5.91 Å². The predicted octanol–water partition coefficient (Wildman–Crippen LogP) is 1.75. The van der Waals surface area contributed by atoms with E-state index in [-0.39, 0.29) is 17.5 Å². The molecule has 0 saturated carbocycles. The SMILES string of the molecule is CC(=O)NC1CCN(c2ccc(C(=O)O)cc2Cl)C1. The van der Waals surface area contributed by atoms with E-state index in [0.29, 0.717) is 11.6 Å². The fraction of sp³-hybridized carbons (Fsp3) is 0.385. The summed E-state index contributed by atoms with van der Waals surface area (Å²) in [6.45, 7) is 2.97. The summed E-state index contributed by atoms with van der Waals surface area (Å²) in [6.07, 6.45) is 0.858. The van der Waals surface area contributed by atoms with Crippen molar-refractivity contribution >= 4 is 29.2 Å². The Morgan fingerprint density at radius 3 is 2.79 bits per heavy atom. The molecular weight excluding hydrogens is 268 g/mol. The van der Waals surface area contributed by atoms with Crippen LogP contribution in [-0.2, 0) is 4.79 Å². The molecule has 1 heterocycles. The van der Waals surface area contributed by atoms with E-state index >= 15 is 0 Å². The molecule has 1 aromatic carbocycles. The van der Waals surface area contributed by atoms with Crippen molar-refractivity contribution < 1.29 is 14.7 Å². The Hall–Kier alpha value is -1.75. The highest BCUT2D eigenvalue weighted by Crippen LogP contribution is 2.29. The van der Waals surface area contributed by atoms with Gasteiger partial charge in [0.15, 0.2) is 0 Å². The lowest BCUT2D eigenvalue weighted by molar-refractivity contribution is -0.119. The number of carbonyl (C=O) groups is 2. The number of benzene rings is 1. The molecule has 0 aliphatic carbocycles. The molecule has 0 radical (unpaired) electrons.